The molecule has 1 fully saturated rings. The van der Waals surface area contributed by atoms with Gasteiger partial charge in [-0.15, -0.1) is 0 Å². The summed E-state index contributed by atoms with van der Waals surface area (Å²) in [6.07, 6.45) is 8.56. The average Bonchev–Trinajstić information content (AvgIpc) is 3.32. The van der Waals surface area contributed by atoms with E-state index in [4.69, 9.17) is 4.98 Å². The van der Waals surface area contributed by atoms with Crippen molar-refractivity contribution in [2.75, 3.05) is 43.4 Å². The van der Waals surface area contributed by atoms with Crippen molar-refractivity contribution >= 4 is 28.1 Å². The van der Waals surface area contributed by atoms with Gasteiger partial charge < -0.3 is 15.1 Å². The molecule has 3 aromatic heterocycles. The van der Waals surface area contributed by atoms with Gasteiger partial charge in [0.25, 0.3) is 0 Å². The summed E-state index contributed by atoms with van der Waals surface area (Å²) in [6.45, 7) is 4.85. The highest BCUT2D eigenvalue weighted by Crippen LogP contribution is 2.33. The van der Waals surface area contributed by atoms with E-state index in [1.54, 1.807) is 6.33 Å². The molecule has 4 aromatic rings. The monoisotopic (exact) mass is 449 g/mol. The first-order valence-electron chi connectivity index (χ1n) is 11.8. The fourth-order valence-electron chi connectivity index (χ4n) is 4.72. The molecule has 1 aliphatic heterocycles. The predicted octanol–water partition coefficient (Wildman–Crippen LogP) is 3.77. The van der Waals surface area contributed by atoms with Crippen LogP contribution >= 0.6 is 0 Å². The van der Waals surface area contributed by atoms with Crippen LogP contribution in [0.4, 0.5) is 11.6 Å². The number of nitrogens with zero attached hydrogens (tertiary/aromatic N) is 6. The molecule has 1 aromatic carbocycles. The number of benzene rings is 1. The van der Waals surface area contributed by atoms with Crippen LogP contribution in [-0.2, 0) is 13.0 Å². The minimum atomic E-state index is 0.655. The second kappa shape index (κ2) is 8.83. The minimum absolute atomic E-state index is 0.655. The molecule has 0 saturated carbocycles. The molecule has 1 aliphatic carbocycles. The summed E-state index contributed by atoms with van der Waals surface area (Å²) >= 11 is 0. The third kappa shape index (κ3) is 3.99. The van der Waals surface area contributed by atoms with Crippen molar-refractivity contribution in [2.45, 2.75) is 13.0 Å². The smallest absolute Gasteiger partial charge is 0.137 e. The lowest BCUT2D eigenvalue weighted by molar-refractivity contribution is 0.312. The van der Waals surface area contributed by atoms with E-state index >= 15 is 0 Å². The maximum absolute atomic E-state index is 4.71. The first-order chi connectivity index (χ1) is 16.7. The van der Waals surface area contributed by atoms with Gasteiger partial charge in [0, 0.05) is 62.5 Å². The van der Waals surface area contributed by atoms with Crippen molar-refractivity contribution in [3.63, 3.8) is 0 Å². The van der Waals surface area contributed by atoms with Crippen LogP contribution in [0, 0.1) is 0 Å². The van der Waals surface area contributed by atoms with E-state index in [1.165, 1.54) is 11.1 Å². The molecule has 1 N–H and O–H groups in total. The number of piperazine rings is 1. The Morgan fingerprint density at radius 3 is 2.71 bits per heavy atom. The van der Waals surface area contributed by atoms with Crippen LogP contribution in [0.15, 0.2) is 67.3 Å². The molecular weight excluding hydrogens is 422 g/mol. The molecule has 34 heavy (non-hydrogen) atoms. The molecule has 170 valence electrons. The van der Waals surface area contributed by atoms with Crippen molar-refractivity contribution < 1.29 is 0 Å². The zero-order chi connectivity index (χ0) is 22.9. The van der Waals surface area contributed by atoms with Crippen LogP contribution in [0.1, 0.15) is 22.4 Å². The third-order valence-electron chi connectivity index (χ3n) is 6.72. The number of nitrogens with one attached hydrogen (secondary N) is 1. The van der Waals surface area contributed by atoms with Crippen molar-refractivity contribution in [3.05, 3.63) is 89.6 Å². The van der Waals surface area contributed by atoms with Crippen molar-refractivity contribution in [2.24, 2.45) is 0 Å². The lowest BCUT2D eigenvalue weighted by Crippen LogP contribution is -2.44. The second-order valence-electron chi connectivity index (χ2n) is 8.94. The second-order valence-corrected chi connectivity index (χ2v) is 8.94. The summed E-state index contributed by atoms with van der Waals surface area (Å²) < 4.78 is 0. The van der Waals surface area contributed by atoms with Gasteiger partial charge in [0.2, 0.25) is 0 Å². The van der Waals surface area contributed by atoms with Crippen LogP contribution < -0.4 is 10.2 Å². The highest BCUT2D eigenvalue weighted by molar-refractivity contribution is 5.94. The Labute approximate surface area is 199 Å². The molecule has 6 rings (SSSR count). The van der Waals surface area contributed by atoms with Gasteiger partial charge in [-0.1, -0.05) is 24.3 Å². The Hall–Kier alpha value is -3.84. The highest BCUT2D eigenvalue weighted by atomic mass is 15.3. The first kappa shape index (κ1) is 20.7. The van der Waals surface area contributed by atoms with Gasteiger partial charge in [0.05, 0.1) is 11.2 Å². The van der Waals surface area contributed by atoms with E-state index in [0.29, 0.717) is 6.54 Å². The van der Waals surface area contributed by atoms with E-state index in [2.05, 4.69) is 79.6 Å². The van der Waals surface area contributed by atoms with Gasteiger partial charge in [0.15, 0.2) is 0 Å². The Morgan fingerprint density at radius 1 is 0.941 bits per heavy atom. The van der Waals surface area contributed by atoms with E-state index in [0.717, 1.165) is 72.0 Å². The molecule has 7 heteroatoms. The molecule has 4 heterocycles. The lowest BCUT2D eigenvalue weighted by atomic mass is 9.99. The zero-order valence-electron chi connectivity index (χ0n) is 19.3. The number of aromatic nitrogens is 4. The lowest BCUT2D eigenvalue weighted by Gasteiger charge is -2.33. The molecular formula is C27H27N7. The number of allylic oxidation sites excluding steroid dienone is 1. The standard InChI is InChI=1S/C27H27N7/c1-33-11-13-34(14-12-33)26-9-4-19(16-29-26)17-30-27-23-15-20(5-7-25(23)31-18-32-27)21-6-8-24-22(21)3-2-10-28-24/h2-7,9-10,15-16,18H,8,11-14,17H2,1H3,(H,30,31,32). The molecule has 0 atom stereocenters. The normalized spacial score (nSPS) is 15.9. The summed E-state index contributed by atoms with van der Waals surface area (Å²) in [5.41, 5.74) is 6.78. The average molecular weight is 450 g/mol. The topological polar surface area (TPSA) is 70.1 Å². The summed E-state index contributed by atoms with van der Waals surface area (Å²) in [5.74, 6) is 1.88. The van der Waals surface area contributed by atoms with E-state index in [9.17, 15) is 0 Å². The number of likely N-dealkylation sites (N-methyl/N-ethyl adjacent to an activating group) is 1. The molecule has 0 unspecified atom stereocenters. The Balaban J connectivity index is 1.21. The summed E-state index contributed by atoms with van der Waals surface area (Å²) in [6, 6.07) is 14.8. The van der Waals surface area contributed by atoms with Gasteiger partial charge in [0.1, 0.15) is 18.0 Å². The van der Waals surface area contributed by atoms with Crippen molar-refractivity contribution in [3.8, 4) is 0 Å². The number of fused-ring (bicyclic) bond motifs is 2. The number of hydrogen-bond acceptors (Lipinski definition) is 7. The number of anilines is 2. The minimum Gasteiger partial charge on any atom is -0.365 e. The van der Waals surface area contributed by atoms with Crippen LogP contribution in [0.5, 0.6) is 0 Å². The van der Waals surface area contributed by atoms with Crippen LogP contribution in [-0.4, -0.2) is 58.1 Å². The van der Waals surface area contributed by atoms with E-state index in [1.807, 2.05) is 18.5 Å². The molecule has 0 spiro atoms. The quantitative estimate of drug-likeness (QED) is 0.497. The van der Waals surface area contributed by atoms with Gasteiger partial charge in [-0.05, 0) is 48.0 Å². The first-order valence-corrected chi connectivity index (χ1v) is 11.8. The number of hydrogen-bond donors (Lipinski definition) is 1. The van der Waals surface area contributed by atoms with Gasteiger partial charge in [-0.2, -0.15) is 0 Å². The fraction of sp³-hybridized carbons (Fsp3) is 0.259. The molecule has 0 amide bonds. The van der Waals surface area contributed by atoms with Crippen LogP contribution in [0.25, 0.3) is 16.5 Å². The van der Waals surface area contributed by atoms with Gasteiger partial charge in [-0.25, -0.2) is 15.0 Å². The predicted molar refractivity (Wildman–Crippen MR) is 136 cm³/mol. The van der Waals surface area contributed by atoms with Crippen LogP contribution in [0.2, 0.25) is 0 Å². The fourth-order valence-corrected chi connectivity index (χ4v) is 4.72. The van der Waals surface area contributed by atoms with Gasteiger partial charge >= 0.3 is 0 Å². The summed E-state index contributed by atoms with van der Waals surface area (Å²) in [4.78, 5) is 22.9. The maximum atomic E-state index is 4.71. The van der Waals surface area contributed by atoms with Crippen molar-refractivity contribution in [1.29, 1.82) is 0 Å². The summed E-state index contributed by atoms with van der Waals surface area (Å²) in [5, 5.41) is 4.52. The number of pyridine rings is 2. The molecule has 0 radical (unpaired) electrons. The van der Waals surface area contributed by atoms with Crippen LogP contribution in [0.3, 0.4) is 0 Å². The largest absolute Gasteiger partial charge is 0.365 e. The SMILES string of the molecule is CN1CCN(c2ccc(CNc3ncnc4ccc(C5=CCc6ncccc65)cc34)cn2)CC1. The van der Waals surface area contributed by atoms with E-state index in [-0.39, 0.29) is 0 Å². The Kier molecular flexibility index (Phi) is 5.39. The third-order valence-corrected chi connectivity index (χ3v) is 6.72. The Morgan fingerprint density at radius 2 is 1.85 bits per heavy atom. The maximum Gasteiger partial charge on any atom is 0.137 e. The van der Waals surface area contributed by atoms with Crippen molar-refractivity contribution in [1.82, 2.24) is 24.8 Å². The molecule has 2 aliphatic rings. The van der Waals surface area contributed by atoms with E-state index < -0.39 is 0 Å². The molecule has 1 saturated heterocycles. The number of rotatable bonds is 5. The zero-order valence-corrected chi connectivity index (χ0v) is 19.3. The van der Waals surface area contributed by atoms with Gasteiger partial charge in [-0.3, -0.25) is 4.98 Å². The summed E-state index contributed by atoms with van der Waals surface area (Å²) in [7, 11) is 2.17. The molecule has 0 bridgehead atoms. The Bertz CT molecular complexity index is 1360. The molecule has 7 nitrogen and oxygen atoms in total. The highest BCUT2D eigenvalue weighted by Gasteiger charge is 2.18.